The Bertz CT molecular complexity index is 705. The minimum absolute atomic E-state index is 0.00778. The quantitative estimate of drug-likeness (QED) is 0.792. The summed E-state index contributed by atoms with van der Waals surface area (Å²) in [4.78, 5) is 23.9. The van der Waals surface area contributed by atoms with E-state index in [2.05, 4.69) is 10.4 Å². The molecule has 0 aliphatic heterocycles. The highest BCUT2D eigenvalue weighted by atomic mass is 16.5. The number of amides is 1. The molecule has 1 heterocycles. The number of nitrogens with one attached hydrogen (secondary N) is 1. The average molecular weight is 329 g/mol. The number of hydrogen-bond acceptors (Lipinski definition) is 4. The molecule has 0 bridgehead atoms. The van der Waals surface area contributed by atoms with E-state index in [0.29, 0.717) is 17.8 Å². The van der Waals surface area contributed by atoms with Crippen LogP contribution in [-0.4, -0.2) is 28.8 Å². The van der Waals surface area contributed by atoms with Gasteiger partial charge in [-0.2, -0.15) is 5.10 Å². The van der Waals surface area contributed by atoms with Gasteiger partial charge in [-0.1, -0.05) is 32.0 Å². The molecule has 128 valence electrons. The zero-order valence-corrected chi connectivity index (χ0v) is 14.3. The number of nitrogens with zero attached hydrogens (tertiary/aromatic N) is 2. The van der Waals surface area contributed by atoms with Crippen molar-refractivity contribution >= 4 is 17.6 Å². The van der Waals surface area contributed by atoms with Crippen LogP contribution < -0.4 is 5.32 Å². The number of esters is 1. The van der Waals surface area contributed by atoms with Gasteiger partial charge in [0.15, 0.2) is 0 Å². The first-order valence-electron chi connectivity index (χ1n) is 8.08. The lowest BCUT2D eigenvalue weighted by Crippen LogP contribution is -2.21. The molecule has 0 radical (unpaired) electrons. The highest BCUT2D eigenvalue weighted by molar-refractivity contribution is 5.92. The molecule has 6 heteroatoms. The fraction of sp³-hybridized carbons (Fsp3) is 0.389. The van der Waals surface area contributed by atoms with Gasteiger partial charge in [0.2, 0.25) is 5.91 Å². The van der Waals surface area contributed by atoms with Gasteiger partial charge in [0.1, 0.15) is 0 Å². The third-order valence-electron chi connectivity index (χ3n) is 4.01. The Morgan fingerprint density at radius 2 is 1.96 bits per heavy atom. The van der Waals surface area contributed by atoms with Crippen molar-refractivity contribution in [2.45, 2.75) is 33.2 Å². The third-order valence-corrected chi connectivity index (χ3v) is 4.01. The maximum atomic E-state index is 12.1. The molecule has 0 atom stereocenters. The van der Waals surface area contributed by atoms with E-state index in [1.54, 1.807) is 29.2 Å². The lowest BCUT2D eigenvalue weighted by Gasteiger charge is -2.11. The van der Waals surface area contributed by atoms with Crippen LogP contribution in [0.1, 0.15) is 42.6 Å². The largest absolute Gasteiger partial charge is 0.465 e. The van der Waals surface area contributed by atoms with Crippen LogP contribution in [0, 0.1) is 5.92 Å². The van der Waals surface area contributed by atoms with Crippen LogP contribution in [0.5, 0.6) is 0 Å². The summed E-state index contributed by atoms with van der Waals surface area (Å²) in [6.45, 7) is 4.42. The lowest BCUT2D eigenvalue weighted by molar-refractivity contribution is -0.120. The van der Waals surface area contributed by atoms with Gasteiger partial charge in [0, 0.05) is 12.1 Å². The van der Waals surface area contributed by atoms with Crippen LogP contribution in [0.25, 0.3) is 0 Å². The van der Waals surface area contributed by atoms with Crippen LogP contribution in [0.15, 0.2) is 36.7 Å². The maximum absolute atomic E-state index is 12.1. The Kier molecular flexibility index (Phi) is 6.12. The van der Waals surface area contributed by atoms with Gasteiger partial charge in [-0.3, -0.25) is 9.48 Å². The number of benzene rings is 1. The van der Waals surface area contributed by atoms with E-state index >= 15 is 0 Å². The average Bonchev–Trinajstić information content (AvgIpc) is 3.02. The lowest BCUT2D eigenvalue weighted by atomic mass is 10.0. The number of carbonyl (C=O) groups is 2. The molecule has 2 aromatic rings. The van der Waals surface area contributed by atoms with E-state index in [-0.39, 0.29) is 17.8 Å². The number of carbonyl (C=O) groups excluding carboxylic acids is 2. The fourth-order valence-electron chi connectivity index (χ4n) is 2.56. The van der Waals surface area contributed by atoms with Gasteiger partial charge >= 0.3 is 5.97 Å². The number of hydrogen-bond donors (Lipinski definition) is 1. The molecular weight excluding hydrogens is 306 g/mol. The topological polar surface area (TPSA) is 73.2 Å². The first-order chi connectivity index (χ1) is 11.6. The molecule has 0 unspecified atom stereocenters. The minimum Gasteiger partial charge on any atom is -0.465 e. The van der Waals surface area contributed by atoms with Gasteiger partial charge in [-0.05, 0) is 24.5 Å². The van der Waals surface area contributed by atoms with Crippen molar-refractivity contribution < 1.29 is 14.3 Å². The van der Waals surface area contributed by atoms with E-state index < -0.39 is 0 Å². The summed E-state index contributed by atoms with van der Waals surface area (Å²) in [6.07, 6.45) is 4.99. The first-order valence-corrected chi connectivity index (χ1v) is 8.08. The van der Waals surface area contributed by atoms with E-state index in [1.807, 2.05) is 26.0 Å². The second-order valence-electron chi connectivity index (χ2n) is 5.58. The van der Waals surface area contributed by atoms with Crippen LogP contribution in [0.2, 0.25) is 0 Å². The molecule has 6 nitrogen and oxygen atoms in total. The van der Waals surface area contributed by atoms with Crippen molar-refractivity contribution in [1.29, 1.82) is 0 Å². The van der Waals surface area contributed by atoms with Crippen molar-refractivity contribution in [3.63, 3.8) is 0 Å². The molecule has 24 heavy (non-hydrogen) atoms. The second-order valence-corrected chi connectivity index (χ2v) is 5.58. The smallest absolute Gasteiger partial charge is 0.338 e. The number of aromatic nitrogens is 2. The number of ether oxygens (including phenoxy) is 1. The molecule has 0 fully saturated rings. The van der Waals surface area contributed by atoms with E-state index in [9.17, 15) is 9.59 Å². The Morgan fingerprint density at radius 3 is 2.62 bits per heavy atom. The van der Waals surface area contributed by atoms with Gasteiger partial charge in [0.05, 0.1) is 31.1 Å². The van der Waals surface area contributed by atoms with Gasteiger partial charge in [0.25, 0.3) is 0 Å². The molecule has 1 aromatic carbocycles. The first kappa shape index (κ1) is 17.7. The van der Waals surface area contributed by atoms with Crippen LogP contribution >= 0.6 is 0 Å². The second kappa shape index (κ2) is 8.29. The monoisotopic (exact) mass is 329 g/mol. The van der Waals surface area contributed by atoms with Crippen LogP contribution in [0.3, 0.4) is 0 Å². The molecule has 0 aliphatic carbocycles. The highest BCUT2D eigenvalue weighted by Gasteiger charge is 2.15. The summed E-state index contributed by atoms with van der Waals surface area (Å²) in [5.74, 6) is -0.358. The van der Waals surface area contributed by atoms with Gasteiger partial charge in [-0.15, -0.1) is 0 Å². The summed E-state index contributed by atoms with van der Waals surface area (Å²) in [6, 6.07) is 7.23. The van der Waals surface area contributed by atoms with Gasteiger partial charge in [-0.25, -0.2) is 4.79 Å². The summed E-state index contributed by atoms with van der Waals surface area (Å²) < 4.78 is 6.48. The fourth-order valence-corrected chi connectivity index (χ4v) is 2.56. The van der Waals surface area contributed by atoms with E-state index in [0.717, 1.165) is 18.4 Å². The SMILES string of the molecule is CCC(CC)C(=O)Nc1cnn(Cc2ccccc2C(=O)OC)c1. The predicted molar refractivity (Wildman–Crippen MR) is 91.8 cm³/mol. The van der Waals surface area contributed by atoms with Crippen molar-refractivity contribution in [1.82, 2.24) is 9.78 Å². The molecule has 0 saturated heterocycles. The molecule has 0 aliphatic rings. The molecule has 1 aromatic heterocycles. The molecule has 1 amide bonds. The standard InChI is InChI=1S/C18H23N3O3/c1-4-13(5-2)17(22)20-15-10-19-21(12-15)11-14-8-6-7-9-16(14)18(23)24-3/h6-10,12-13H,4-5,11H2,1-3H3,(H,20,22). The molecule has 2 rings (SSSR count). The van der Waals surface area contributed by atoms with Crippen molar-refractivity contribution in [2.75, 3.05) is 12.4 Å². The Labute approximate surface area is 141 Å². The van der Waals surface area contributed by atoms with Crippen LogP contribution in [0.4, 0.5) is 5.69 Å². The predicted octanol–water partition coefficient (Wildman–Crippen LogP) is 3.09. The number of methoxy groups -OCH3 is 1. The number of rotatable bonds is 7. The van der Waals surface area contributed by atoms with Crippen molar-refractivity contribution in [2.24, 2.45) is 5.92 Å². The van der Waals surface area contributed by atoms with Crippen molar-refractivity contribution in [3.8, 4) is 0 Å². The minimum atomic E-state index is -0.375. The highest BCUT2D eigenvalue weighted by Crippen LogP contribution is 2.15. The summed E-state index contributed by atoms with van der Waals surface area (Å²) in [5, 5.41) is 7.14. The molecule has 0 saturated carbocycles. The number of anilines is 1. The van der Waals surface area contributed by atoms with Gasteiger partial charge < -0.3 is 10.1 Å². The van der Waals surface area contributed by atoms with E-state index in [4.69, 9.17) is 4.74 Å². The molecular formula is C18H23N3O3. The Balaban J connectivity index is 2.10. The van der Waals surface area contributed by atoms with Crippen LogP contribution in [-0.2, 0) is 16.1 Å². The Hall–Kier alpha value is -2.63. The normalized spacial score (nSPS) is 10.7. The zero-order valence-electron chi connectivity index (χ0n) is 14.3. The summed E-state index contributed by atoms with van der Waals surface area (Å²) >= 11 is 0. The van der Waals surface area contributed by atoms with E-state index in [1.165, 1.54) is 7.11 Å². The summed E-state index contributed by atoms with van der Waals surface area (Å²) in [5.41, 5.74) is 1.98. The maximum Gasteiger partial charge on any atom is 0.338 e. The molecule has 1 N–H and O–H groups in total. The van der Waals surface area contributed by atoms with Crippen molar-refractivity contribution in [3.05, 3.63) is 47.8 Å². The summed E-state index contributed by atoms with van der Waals surface area (Å²) in [7, 11) is 1.36. The zero-order chi connectivity index (χ0) is 17.5. The molecule has 0 spiro atoms. The third kappa shape index (κ3) is 4.22. The Morgan fingerprint density at radius 1 is 1.25 bits per heavy atom.